The lowest BCUT2D eigenvalue weighted by Gasteiger charge is -2.24. The molecule has 7 rings (SSSR count). The maximum Gasteiger partial charge on any atom is 0.229 e. The third-order valence-corrected chi connectivity index (χ3v) is 10.2. The highest BCUT2D eigenvalue weighted by Gasteiger charge is 2.34. The standard InChI is InChI=1S/C28H36ClN7O4S/c1-15(2)41(37,38)27-24(13-36(4)35-27)32-26-22(29)12-31-28(34-26)33-23-7-16(3)21(10-25(23)40-19-5-6-19)17-8-18-14-39-20(9-17)11-30-18/h7,10,12-13,15,17-20,30H,5-6,8-9,11,14H2,1-4H3,(H2,31,32,33,34). The number of anilines is 4. The van der Waals surface area contributed by atoms with Crippen LogP contribution in [0.1, 0.15) is 56.6 Å². The minimum atomic E-state index is -3.64. The molecule has 2 aromatic heterocycles. The summed E-state index contributed by atoms with van der Waals surface area (Å²) < 4.78 is 39.6. The van der Waals surface area contributed by atoms with Gasteiger partial charge in [-0.25, -0.2) is 13.4 Å². The first-order valence-electron chi connectivity index (χ1n) is 14.1. The molecule has 220 valence electrons. The van der Waals surface area contributed by atoms with Gasteiger partial charge in [-0.2, -0.15) is 10.1 Å². The lowest BCUT2D eigenvalue weighted by molar-refractivity contribution is 0.0163. The summed E-state index contributed by atoms with van der Waals surface area (Å²) in [6.07, 6.45) is 7.58. The van der Waals surface area contributed by atoms with Crippen molar-refractivity contribution in [3.63, 3.8) is 0 Å². The van der Waals surface area contributed by atoms with E-state index in [1.54, 1.807) is 27.1 Å². The van der Waals surface area contributed by atoms with Crippen molar-refractivity contribution in [2.45, 2.75) is 80.9 Å². The zero-order chi connectivity index (χ0) is 28.9. The van der Waals surface area contributed by atoms with Gasteiger partial charge in [-0.3, -0.25) is 4.68 Å². The number of nitrogens with zero attached hydrogens (tertiary/aromatic N) is 4. The lowest BCUT2D eigenvalue weighted by Crippen LogP contribution is -2.43. The second-order valence-electron chi connectivity index (χ2n) is 11.5. The summed E-state index contributed by atoms with van der Waals surface area (Å²) >= 11 is 6.44. The third kappa shape index (κ3) is 6.01. The van der Waals surface area contributed by atoms with Crippen molar-refractivity contribution in [1.82, 2.24) is 25.1 Å². The number of ether oxygens (including phenoxy) is 2. The summed E-state index contributed by atoms with van der Waals surface area (Å²) in [5.74, 6) is 1.71. The van der Waals surface area contributed by atoms with Crippen LogP contribution in [0.25, 0.3) is 0 Å². The molecule has 41 heavy (non-hydrogen) atoms. The van der Waals surface area contributed by atoms with E-state index in [1.807, 2.05) is 0 Å². The molecule has 4 aliphatic rings. The maximum atomic E-state index is 12.9. The van der Waals surface area contributed by atoms with Gasteiger partial charge in [-0.1, -0.05) is 11.6 Å². The number of benzene rings is 1. The fourth-order valence-corrected chi connectivity index (χ4v) is 6.67. The Morgan fingerprint density at radius 2 is 2.00 bits per heavy atom. The lowest BCUT2D eigenvalue weighted by atomic mass is 9.86. The van der Waals surface area contributed by atoms with Gasteiger partial charge in [-0.05, 0) is 75.6 Å². The third-order valence-electron chi connectivity index (χ3n) is 7.84. The number of hydrogen-bond donors (Lipinski definition) is 3. The largest absolute Gasteiger partial charge is 0.488 e. The molecule has 1 aliphatic carbocycles. The van der Waals surface area contributed by atoms with Crippen molar-refractivity contribution < 1.29 is 17.9 Å². The molecular formula is C28H36ClN7O4S. The van der Waals surface area contributed by atoms with Gasteiger partial charge in [-0.15, -0.1) is 0 Å². The quantitative estimate of drug-likeness (QED) is 0.319. The van der Waals surface area contributed by atoms with Crippen LogP contribution in [0.2, 0.25) is 5.02 Å². The fraction of sp³-hybridized carbons (Fsp3) is 0.536. The van der Waals surface area contributed by atoms with Crippen LogP contribution in [-0.4, -0.2) is 64.8 Å². The SMILES string of the molecule is Cc1cc(Nc2ncc(Cl)c(Nc3cn(C)nc3S(=O)(=O)C(C)C)n2)c(OC2CC2)cc1C1CC2COC(CN2)C1. The molecule has 13 heteroatoms. The number of nitrogens with one attached hydrogen (secondary N) is 3. The predicted molar refractivity (Wildman–Crippen MR) is 157 cm³/mol. The number of rotatable bonds is 9. The molecule has 3 aliphatic heterocycles. The number of sulfone groups is 1. The molecule has 3 N–H and O–H groups in total. The Balaban J connectivity index is 1.29. The van der Waals surface area contributed by atoms with Crippen molar-refractivity contribution in [2.75, 3.05) is 23.8 Å². The van der Waals surface area contributed by atoms with Crippen LogP contribution in [0.3, 0.4) is 0 Å². The van der Waals surface area contributed by atoms with Crippen LogP contribution in [0.15, 0.2) is 29.6 Å². The molecule has 11 nitrogen and oxygen atoms in total. The number of halogens is 1. The normalized spacial score (nSPS) is 22.5. The Morgan fingerprint density at radius 3 is 2.71 bits per heavy atom. The van der Waals surface area contributed by atoms with Crippen LogP contribution in [-0.2, 0) is 21.6 Å². The van der Waals surface area contributed by atoms with Gasteiger partial charge in [0.05, 0.1) is 41.6 Å². The predicted octanol–water partition coefficient (Wildman–Crippen LogP) is 4.62. The summed E-state index contributed by atoms with van der Waals surface area (Å²) in [6.45, 7) is 7.02. The van der Waals surface area contributed by atoms with Gasteiger partial charge in [0, 0.05) is 25.8 Å². The van der Waals surface area contributed by atoms with Crippen molar-refractivity contribution in [2.24, 2.45) is 7.05 Å². The molecule has 3 saturated heterocycles. The van der Waals surface area contributed by atoms with Gasteiger partial charge in [0.25, 0.3) is 0 Å². The first-order chi connectivity index (χ1) is 19.6. The average molecular weight is 602 g/mol. The number of aromatic nitrogens is 4. The second kappa shape index (κ2) is 11.0. The van der Waals surface area contributed by atoms with Gasteiger partial charge in [0.2, 0.25) is 20.8 Å². The molecule has 2 bridgehead atoms. The molecular weight excluding hydrogens is 566 g/mol. The topological polar surface area (TPSA) is 132 Å². The van der Waals surface area contributed by atoms with Gasteiger partial charge < -0.3 is 25.4 Å². The van der Waals surface area contributed by atoms with Gasteiger partial charge in [0.15, 0.2) is 5.82 Å². The molecule has 1 aromatic carbocycles. The van der Waals surface area contributed by atoms with Crippen molar-refractivity contribution in [3.05, 3.63) is 40.7 Å². The molecule has 0 spiro atoms. The molecule has 3 unspecified atom stereocenters. The second-order valence-corrected chi connectivity index (χ2v) is 14.3. The molecule has 5 heterocycles. The Hall–Kier alpha value is -2.93. The Kier molecular flexibility index (Phi) is 7.60. The number of fused-ring (bicyclic) bond motifs is 4. The van der Waals surface area contributed by atoms with E-state index < -0.39 is 15.1 Å². The van der Waals surface area contributed by atoms with Crippen LogP contribution in [0, 0.1) is 6.92 Å². The van der Waals surface area contributed by atoms with Crippen LogP contribution in [0.4, 0.5) is 23.1 Å². The molecule has 0 amide bonds. The van der Waals surface area contributed by atoms with Crippen molar-refractivity contribution >= 4 is 44.6 Å². The summed E-state index contributed by atoms with van der Waals surface area (Å²) in [4.78, 5) is 8.97. The first kappa shape index (κ1) is 28.2. The zero-order valence-electron chi connectivity index (χ0n) is 23.6. The first-order valence-corrected chi connectivity index (χ1v) is 16.0. The molecule has 4 fully saturated rings. The van der Waals surface area contributed by atoms with E-state index >= 15 is 0 Å². The van der Waals surface area contributed by atoms with Crippen LogP contribution >= 0.6 is 11.6 Å². The minimum absolute atomic E-state index is 0.0573. The van der Waals surface area contributed by atoms with E-state index in [0.29, 0.717) is 23.6 Å². The summed E-state index contributed by atoms with van der Waals surface area (Å²) in [5, 5.41) is 13.7. The van der Waals surface area contributed by atoms with E-state index in [-0.39, 0.29) is 28.1 Å². The van der Waals surface area contributed by atoms with E-state index in [1.165, 1.54) is 16.4 Å². The summed E-state index contributed by atoms with van der Waals surface area (Å²) in [6, 6.07) is 4.63. The number of aryl methyl sites for hydroxylation is 2. The summed E-state index contributed by atoms with van der Waals surface area (Å²) in [7, 11) is -1.98. The van der Waals surface area contributed by atoms with Crippen LogP contribution < -0.4 is 20.7 Å². The minimum Gasteiger partial charge on any atom is -0.488 e. The highest BCUT2D eigenvalue weighted by atomic mass is 35.5. The van der Waals surface area contributed by atoms with Gasteiger partial charge in [0.1, 0.15) is 10.8 Å². The van der Waals surface area contributed by atoms with E-state index in [9.17, 15) is 8.42 Å². The Bertz CT molecular complexity index is 1530. The van der Waals surface area contributed by atoms with E-state index in [2.05, 4.69) is 50.1 Å². The van der Waals surface area contributed by atoms with E-state index in [4.69, 9.17) is 21.1 Å². The number of hydrogen-bond acceptors (Lipinski definition) is 10. The Labute approximate surface area is 245 Å². The molecule has 1 saturated carbocycles. The number of morpholine rings is 1. The molecule has 0 radical (unpaired) electrons. The van der Waals surface area contributed by atoms with Gasteiger partial charge >= 0.3 is 0 Å². The smallest absolute Gasteiger partial charge is 0.229 e. The monoisotopic (exact) mass is 601 g/mol. The van der Waals surface area contributed by atoms with Crippen molar-refractivity contribution in [3.8, 4) is 5.75 Å². The summed E-state index contributed by atoms with van der Waals surface area (Å²) in [5.41, 5.74) is 3.50. The fourth-order valence-electron chi connectivity index (χ4n) is 5.44. The average Bonchev–Trinajstić information content (AvgIpc) is 3.73. The highest BCUT2D eigenvalue weighted by Crippen LogP contribution is 2.41. The van der Waals surface area contributed by atoms with Crippen LogP contribution in [0.5, 0.6) is 5.75 Å². The zero-order valence-corrected chi connectivity index (χ0v) is 25.2. The maximum absolute atomic E-state index is 12.9. The molecule has 3 atom stereocenters. The van der Waals surface area contributed by atoms with Crippen molar-refractivity contribution in [1.29, 1.82) is 0 Å². The molecule has 3 aromatic rings. The highest BCUT2D eigenvalue weighted by molar-refractivity contribution is 7.92. The Morgan fingerprint density at radius 1 is 1.20 bits per heavy atom. The van der Waals surface area contributed by atoms with E-state index in [0.717, 1.165) is 55.8 Å².